The molecule has 0 amide bonds. The Balaban J connectivity index is 2.33. The quantitative estimate of drug-likeness (QED) is 0.708. The van der Waals surface area contributed by atoms with Gasteiger partial charge in [0.2, 0.25) is 0 Å². The number of aromatic nitrogens is 4. The first-order valence-corrected chi connectivity index (χ1v) is 4.67. The van der Waals surface area contributed by atoms with Gasteiger partial charge in [-0.15, -0.1) is 0 Å². The summed E-state index contributed by atoms with van der Waals surface area (Å²) in [6.45, 7) is 2.35. The zero-order chi connectivity index (χ0) is 10.8. The van der Waals surface area contributed by atoms with Gasteiger partial charge in [-0.1, -0.05) is 0 Å². The van der Waals surface area contributed by atoms with E-state index in [0.717, 1.165) is 11.4 Å². The first-order valence-electron chi connectivity index (χ1n) is 4.67. The van der Waals surface area contributed by atoms with Crippen LogP contribution in [0.2, 0.25) is 0 Å². The lowest BCUT2D eigenvalue weighted by atomic mass is 10.3. The highest BCUT2D eigenvalue weighted by Crippen LogP contribution is 1.96. The molecule has 5 heteroatoms. The smallest absolute Gasteiger partial charge is 0.251 e. The second kappa shape index (κ2) is 3.68. The molecule has 0 unspecified atom stereocenters. The molecular formula is C10H12N4O. The second-order valence-corrected chi connectivity index (χ2v) is 3.47. The van der Waals surface area contributed by atoms with Crippen LogP contribution in [0.15, 0.2) is 29.5 Å². The highest BCUT2D eigenvalue weighted by atomic mass is 16.1. The van der Waals surface area contributed by atoms with Crippen LogP contribution in [0.1, 0.15) is 11.4 Å². The van der Waals surface area contributed by atoms with Gasteiger partial charge in [-0.05, 0) is 18.6 Å². The Hall–Kier alpha value is -1.91. The van der Waals surface area contributed by atoms with E-state index in [1.54, 1.807) is 21.5 Å². The molecule has 0 saturated heterocycles. The lowest BCUT2D eigenvalue weighted by molar-refractivity contribution is 0.640. The molecule has 0 spiro atoms. The van der Waals surface area contributed by atoms with Gasteiger partial charge in [0.1, 0.15) is 12.2 Å². The van der Waals surface area contributed by atoms with E-state index in [1.807, 2.05) is 20.0 Å². The number of rotatable bonds is 2. The van der Waals surface area contributed by atoms with E-state index in [0.29, 0.717) is 6.54 Å². The Labute approximate surface area is 87.0 Å². The third-order valence-corrected chi connectivity index (χ3v) is 2.27. The Bertz CT molecular complexity index is 526. The Morgan fingerprint density at radius 1 is 1.47 bits per heavy atom. The molecule has 0 aromatic carbocycles. The molecule has 2 heterocycles. The van der Waals surface area contributed by atoms with Crippen molar-refractivity contribution >= 4 is 0 Å². The molecule has 2 aromatic heterocycles. The monoisotopic (exact) mass is 204 g/mol. The Kier molecular flexibility index (Phi) is 2.37. The maximum atomic E-state index is 11.6. The molecule has 0 aliphatic heterocycles. The van der Waals surface area contributed by atoms with E-state index in [1.165, 1.54) is 6.33 Å². The van der Waals surface area contributed by atoms with Crippen molar-refractivity contribution in [1.29, 1.82) is 0 Å². The van der Waals surface area contributed by atoms with Gasteiger partial charge in [-0.2, -0.15) is 5.10 Å². The maximum Gasteiger partial charge on any atom is 0.251 e. The summed E-state index contributed by atoms with van der Waals surface area (Å²) in [6.07, 6.45) is 3.25. The molecule has 0 aliphatic rings. The summed E-state index contributed by atoms with van der Waals surface area (Å²) in [6, 6.07) is 3.51. The fraction of sp³-hybridized carbons (Fsp3) is 0.300. The lowest BCUT2D eigenvalue weighted by Gasteiger charge is -2.04. The SMILES string of the molecule is Cc1ccn(Cc2ncnn2C)c(=O)c1. The molecule has 0 saturated carbocycles. The number of pyridine rings is 1. The van der Waals surface area contributed by atoms with Crippen molar-refractivity contribution in [3.05, 3.63) is 46.4 Å². The molecule has 5 nitrogen and oxygen atoms in total. The minimum absolute atomic E-state index is 0.0157. The minimum Gasteiger partial charge on any atom is -0.308 e. The normalized spacial score (nSPS) is 10.5. The van der Waals surface area contributed by atoms with E-state index in [9.17, 15) is 4.79 Å². The third kappa shape index (κ3) is 1.96. The molecule has 0 radical (unpaired) electrons. The van der Waals surface area contributed by atoms with E-state index < -0.39 is 0 Å². The van der Waals surface area contributed by atoms with E-state index in [-0.39, 0.29) is 5.56 Å². The van der Waals surface area contributed by atoms with E-state index in [2.05, 4.69) is 10.1 Å². The van der Waals surface area contributed by atoms with Gasteiger partial charge >= 0.3 is 0 Å². The van der Waals surface area contributed by atoms with Crippen molar-refractivity contribution in [3.8, 4) is 0 Å². The lowest BCUT2D eigenvalue weighted by Crippen LogP contribution is -2.21. The summed E-state index contributed by atoms with van der Waals surface area (Å²) in [5.74, 6) is 0.765. The topological polar surface area (TPSA) is 52.7 Å². The van der Waals surface area contributed by atoms with Gasteiger partial charge in [-0.3, -0.25) is 9.48 Å². The zero-order valence-corrected chi connectivity index (χ0v) is 8.71. The highest BCUT2D eigenvalue weighted by molar-refractivity contribution is 5.08. The number of hydrogen-bond acceptors (Lipinski definition) is 3. The average Bonchev–Trinajstić information content (AvgIpc) is 2.57. The fourth-order valence-corrected chi connectivity index (χ4v) is 1.35. The summed E-state index contributed by atoms with van der Waals surface area (Å²) >= 11 is 0. The number of hydrogen-bond donors (Lipinski definition) is 0. The van der Waals surface area contributed by atoms with Gasteiger partial charge in [-0.25, -0.2) is 4.98 Å². The van der Waals surface area contributed by atoms with E-state index >= 15 is 0 Å². The van der Waals surface area contributed by atoms with Crippen molar-refractivity contribution in [2.45, 2.75) is 13.5 Å². The fourth-order valence-electron chi connectivity index (χ4n) is 1.35. The van der Waals surface area contributed by atoms with Crippen LogP contribution in [0.3, 0.4) is 0 Å². The molecule has 78 valence electrons. The highest BCUT2D eigenvalue weighted by Gasteiger charge is 2.02. The van der Waals surface area contributed by atoms with Crippen LogP contribution in [-0.2, 0) is 13.6 Å². The first-order chi connectivity index (χ1) is 7.16. The van der Waals surface area contributed by atoms with Crippen LogP contribution in [0, 0.1) is 6.92 Å². The van der Waals surface area contributed by atoms with Crippen LogP contribution in [0.25, 0.3) is 0 Å². The maximum absolute atomic E-state index is 11.6. The van der Waals surface area contributed by atoms with Crippen LogP contribution < -0.4 is 5.56 Å². The van der Waals surface area contributed by atoms with Gasteiger partial charge in [0.05, 0.1) is 6.54 Å². The summed E-state index contributed by atoms with van der Waals surface area (Å²) in [5.41, 5.74) is 0.951. The summed E-state index contributed by atoms with van der Waals surface area (Å²) in [5, 5.41) is 3.95. The van der Waals surface area contributed by atoms with Crippen molar-refractivity contribution in [2.75, 3.05) is 0 Å². The second-order valence-electron chi connectivity index (χ2n) is 3.47. The number of nitrogens with zero attached hydrogens (tertiary/aromatic N) is 4. The van der Waals surface area contributed by atoms with Crippen LogP contribution in [0.4, 0.5) is 0 Å². The Morgan fingerprint density at radius 3 is 2.87 bits per heavy atom. The molecule has 0 aliphatic carbocycles. The van der Waals surface area contributed by atoms with Crippen molar-refractivity contribution in [2.24, 2.45) is 7.05 Å². The molecule has 2 aromatic rings. The van der Waals surface area contributed by atoms with Gasteiger partial charge in [0, 0.05) is 19.3 Å². The largest absolute Gasteiger partial charge is 0.308 e. The first kappa shape index (κ1) is 9.64. The number of aryl methyl sites for hydroxylation is 2. The van der Waals surface area contributed by atoms with Crippen LogP contribution in [0.5, 0.6) is 0 Å². The molecule has 0 atom stereocenters. The van der Waals surface area contributed by atoms with Crippen molar-refractivity contribution in [1.82, 2.24) is 19.3 Å². The van der Waals surface area contributed by atoms with Crippen LogP contribution in [-0.4, -0.2) is 19.3 Å². The average molecular weight is 204 g/mol. The Morgan fingerprint density at radius 2 is 2.27 bits per heavy atom. The summed E-state index contributed by atoms with van der Waals surface area (Å²) in [7, 11) is 1.81. The molecule has 0 fully saturated rings. The van der Waals surface area contributed by atoms with Gasteiger partial charge in [0.15, 0.2) is 0 Å². The van der Waals surface area contributed by atoms with E-state index in [4.69, 9.17) is 0 Å². The van der Waals surface area contributed by atoms with Gasteiger partial charge < -0.3 is 4.57 Å². The summed E-state index contributed by atoms with van der Waals surface area (Å²) < 4.78 is 3.27. The molecule has 0 N–H and O–H groups in total. The van der Waals surface area contributed by atoms with Crippen LogP contribution >= 0.6 is 0 Å². The molecule has 0 bridgehead atoms. The molecule has 15 heavy (non-hydrogen) atoms. The summed E-state index contributed by atoms with van der Waals surface area (Å²) in [4.78, 5) is 15.6. The van der Waals surface area contributed by atoms with Crippen molar-refractivity contribution in [3.63, 3.8) is 0 Å². The van der Waals surface area contributed by atoms with Crippen molar-refractivity contribution < 1.29 is 0 Å². The third-order valence-electron chi connectivity index (χ3n) is 2.27. The molecular weight excluding hydrogens is 192 g/mol. The predicted octanol–water partition coefficient (Wildman–Crippen LogP) is 0.334. The predicted molar refractivity (Wildman–Crippen MR) is 55.5 cm³/mol. The minimum atomic E-state index is -0.0157. The molecule has 2 rings (SSSR count). The van der Waals surface area contributed by atoms with Gasteiger partial charge in [0.25, 0.3) is 5.56 Å². The standard InChI is InChI=1S/C10H12N4O/c1-8-3-4-14(10(15)5-8)6-9-11-7-12-13(9)2/h3-5,7H,6H2,1-2H3. The zero-order valence-electron chi connectivity index (χ0n) is 8.71.